The molecule has 0 spiro atoms. The van der Waals surface area contributed by atoms with E-state index < -0.39 is 5.97 Å². The molecule has 0 fully saturated rings. The van der Waals surface area contributed by atoms with Crippen molar-refractivity contribution in [3.63, 3.8) is 0 Å². The van der Waals surface area contributed by atoms with E-state index in [0.717, 1.165) is 22.1 Å². The quantitative estimate of drug-likeness (QED) is 0.802. The van der Waals surface area contributed by atoms with Gasteiger partial charge in [0.2, 0.25) is 0 Å². The Morgan fingerprint density at radius 2 is 1.95 bits per heavy atom. The number of nitrogens with one attached hydrogen (secondary N) is 1. The molecule has 0 aliphatic rings. The predicted molar refractivity (Wildman–Crippen MR) is 85.2 cm³/mol. The van der Waals surface area contributed by atoms with Crippen LogP contribution in [0.3, 0.4) is 0 Å². The minimum absolute atomic E-state index is 0.155. The lowest BCUT2D eigenvalue weighted by atomic mass is 10.1. The van der Waals surface area contributed by atoms with E-state index in [0.29, 0.717) is 10.7 Å². The highest BCUT2D eigenvalue weighted by atomic mass is 79.9. The van der Waals surface area contributed by atoms with Crippen LogP contribution in [0.2, 0.25) is 5.02 Å². The van der Waals surface area contributed by atoms with Crippen LogP contribution in [-0.2, 0) is 6.42 Å². The third-order valence-corrected chi connectivity index (χ3v) is 3.66. The Hall–Kier alpha value is -1.52. The van der Waals surface area contributed by atoms with Crippen molar-refractivity contribution >= 4 is 44.9 Å². The second-order valence-electron chi connectivity index (χ2n) is 4.28. The smallest absolute Gasteiger partial charge is 0.337 e. The Bertz CT molecular complexity index is 658. The zero-order chi connectivity index (χ0) is 14.7. The van der Waals surface area contributed by atoms with Gasteiger partial charge in [-0.2, -0.15) is 0 Å². The molecule has 0 atom stereocenters. The molecule has 0 amide bonds. The highest BCUT2D eigenvalue weighted by molar-refractivity contribution is 9.10. The van der Waals surface area contributed by atoms with E-state index in [1.807, 2.05) is 25.1 Å². The molecule has 0 radical (unpaired) electrons. The molecule has 0 heterocycles. The molecule has 2 N–H and O–H groups in total. The maximum absolute atomic E-state index is 11.3. The fraction of sp³-hybridized carbons (Fsp3) is 0.133. The average molecular weight is 355 g/mol. The van der Waals surface area contributed by atoms with Crippen molar-refractivity contribution in [2.45, 2.75) is 13.3 Å². The monoisotopic (exact) mass is 353 g/mol. The molecule has 2 rings (SSSR count). The summed E-state index contributed by atoms with van der Waals surface area (Å²) in [5.74, 6) is -1.01. The molecule has 0 aromatic heterocycles. The molecule has 0 saturated heterocycles. The summed E-state index contributed by atoms with van der Waals surface area (Å²) in [6.45, 7) is 2.05. The van der Waals surface area contributed by atoms with E-state index in [1.54, 1.807) is 12.1 Å². The third-order valence-electron chi connectivity index (χ3n) is 2.93. The van der Waals surface area contributed by atoms with Gasteiger partial charge in [-0.05, 0) is 48.4 Å². The van der Waals surface area contributed by atoms with E-state index >= 15 is 0 Å². The lowest BCUT2D eigenvalue weighted by Gasteiger charge is -2.13. The van der Waals surface area contributed by atoms with Gasteiger partial charge in [-0.1, -0.05) is 34.5 Å². The van der Waals surface area contributed by atoms with Crippen LogP contribution in [0.15, 0.2) is 40.9 Å². The Labute approximate surface area is 130 Å². The number of aryl methyl sites for hydroxylation is 1. The van der Waals surface area contributed by atoms with E-state index in [9.17, 15) is 9.90 Å². The first-order chi connectivity index (χ1) is 9.51. The van der Waals surface area contributed by atoms with Crippen LogP contribution in [-0.4, -0.2) is 11.1 Å². The van der Waals surface area contributed by atoms with Crippen LogP contribution in [0.4, 0.5) is 11.4 Å². The summed E-state index contributed by atoms with van der Waals surface area (Å²) in [7, 11) is 0. The highest BCUT2D eigenvalue weighted by Gasteiger charge is 2.12. The second-order valence-corrected chi connectivity index (χ2v) is 5.63. The van der Waals surface area contributed by atoms with Gasteiger partial charge >= 0.3 is 5.97 Å². The number of aromatic carboxylic acids is 1. The number of rotatable bonds is 4. The van der Waals surface area contributed by atoms with Crippen molar-refractivity contribution in [1.82, 2.24) is 0 Å². The van der Waals surface area contributed by atoms with Crippen LogP contribution in [0.1, 0.15) is 22.8 Å². The molecule has 0 aliphatic carbocycles. The van der Waals surface area contributed by atoms with Crippen LogP contribution in [0.25, 0.3) is 0 Å². The summed E-state index contributed by atoms with van der Waals surface area (Å²) in [6.07, 6.45) is 0.845. The van der Waals surface area contributed by atoms with Crippen molar-refractivity contribution in [3.05, 3.63) is 57.0 Å². The van der Waals surface area contributed by atoms with Crippen LogP contribution in [0, 0.1) is 0 Å². The predicted octanol–water partition coefficient (Wildman–Crippen LogP) is 5.11. The van der Waals surface area contributed by atoms with Gasteiger partial charge < -0.3 is 10.4 Å². The number of carboxylic acids is 1. The van der Waals surface area contributed by atoms with Gasteiger partial charge in [0.1, 0.15) is 0 Å². The van der Waals surface area contributed by atoms with Gasteiger partial charge in [0, 0.05) is 15.2 Å². The van der Waals surface area contributed by atoms with Crippen molar-refractivity contribution in [1.29, 1.82) is 0 Å². The SMILES string of the molecule is CCc1cc(Br)ccc1Nc1ccc(Cl)cc1C(=O)O. The number of anilines is 2. The highest BCUT2D eigenvalue weighted by Crippen LogP contribution is 2.28. The maximum atomic E-state index is 11.3. The largest absolute Gasteiger partial charge is 0.478 e. The second kappa shape index (κ2) is 6.29. The summed E-state index contributed by atoms with van der Waals surface area (Å²) in [5.41, 5.74) is 2.67. The van der Waals surface area contributed by atoms with Crippen LogP contribution < -0.4 is 5.32 Å². The standard InChI is InChI=1S/C15H13BrClNO2/c1-2-9-7-10(16)3-5-13(9)18-14-6-4-11(17)8-12(14)15(19)20/h3-8,18H,2H2,1H3,(H,19,20). The van der Waals surface area contributed by atoms with Gasteiger partial charge in [-0.3, -0.25) is 0 Å². The van der Waals surface area contributed by atoms with Crippen molar-refractivity contribution < 1.29 is 9.90 Å². The number of carbonyl (C=O) groups is 1. The fourth-order valence-electron chi connectivity index (χ4n) is 1.92. The van der Waals surface area contributed by atoms with E-state index in [-0.39, 0.29) is 5.56 Å². The van der Waals surface area contributed by atoms with Crippen molar-refractivity contribution in [2.24, 2.45) is 0 Å². The van der Waals surface area contributed by atoms with E-state index in [2.05, 4.69) is 21.2 Å². The lowest BCUT2D eigenvalue weighted by Crippen LogP contribution is -2.04. The number of carboxylic acid groups (broad SMARTS) is 1. The summed E-state index contributed by atoms with van der Waals surface area (Å²) >= 11 is 9.28. The van der Waals surface area contributed by atoms with Crippen LogP contribution >= 0.6 is 27.5 Å². The number of hydrogen-bond acceptors (Lipinski definition) is 2. The Morgan fingerprint density at radius 3 is 2.60 bits per heavy atom. The minimum atomic E-state index is -1.01. The third kappa shape index (κ3) is 3.32. The first-order valence-corrected chi connectivity index (χ1v) is 7.26. The summed E-state index contributed by atoms with van der Waals surface area (Å²) in [6, 6.07) is 10.6. The average Bonchev–Trinajstić information content (AvgIpc) is 2.42. The Kier molecular flexibility index (Phi) is 4.68. The fourth-order valence-corrected chi connectivity index (χ4v) is 2.50. The summed E-state index contributed by atoms with van der Waals surface area (Å²) in [4.78, 5) is 11.3. The van der Waals surface area contributed by atoms with Crippen molar-refractivity contribution in [3.8, 4) is 0 Å². The lowest BCUT2D eigenvalue weighted by molar-refractivity contribution is 0.0698. The molecule has 3 nitrogen and oxygen atoms in total. The van der Waals surface area contributed by atoms with Gasteiger partial charge in [0.15, 0.2) is 0 Å². The van der Waals surface area contributed by atoms with E-state index in [4.69, 9.17) is 11.6 Å². The van der Waals surface area contributed by atoms with Gasteiger partial charge in [0.25, 0.3) is 0 Å². The molecule has 0 saturated carbocycles. The molecule has 104 valence electrons. The van der Waals surface area contributed by atoms with Crippen molar-refractivity contribution in [2.75, 3.05) is 5.32 Å². The zero-order valence-corrected chi connectivity index (χ0v) is 13.1. The molecule has 0 aliphatic heterocycles. The molecule has 2 aromatic carbocycles. The molecule has 5 heteroatoms. The molecular formula is C15H13BrClNO2. The van der Waals surface area contributed by atoms with Gasteiger partial charge in [-0.25, -0.2) is 4.79 Å². The molecule has 2 aromatic rings. The maximum Gasteiger partial charge on any atom is 0.337 e. The minimum Gasteiger partial charge on any atom is -0.478 e. The molecule has 20 heavy (non-hydrogen) atoms. The molecule has 0 unspecified atom stereocenters. The normalized spacial score (nSPS) is 10.3. The van der Waals surface area contributed by atoms with Gasteiger partial charge in [0.05, 0.1) is 11.3 Å². The zero-order valence-electron chi connectivity index (χ0n) is 10.8. The number of halogens is 2. The molecule has 0 bridgehead atoms. The van der Waals surface area contributed by atoms with Gasteiger partial charge in [-0.15, -0.1) is 0 Å². The number of hydrogen-bond donors (Lipinski definition) is 2. The summed E-state index contributed by atoms with van der Waals surface area (Å²) in [5, 5.41) is 12.8. The number of benzene rings is 2. The van der Waals surface area contributed by atoms with E-state index in [1.165, 1.54) is 6.07 Å². The first kappa shape index (κ1) is 14.9. The van der Waals surface area contributed by atoms with Crippen LogP contribution in [0.5, 0.6) is 0 Å². The topological polar surface area (TPSA) is 49.3 Å². The molecular weight excluding hydrogens is 342 g/mol. The summed E-state index contributed by atoms with van der Waals surface area (Å²) < 4.78 is 0.995. The first-order valence-electron chi connectivity index (χ1n) is 6.09. The Balaban J connectivity index is 2.42. The Morgan fingerprint density at radius 1 is 1.25 bits per heavy atom.